The van der Waals surface area contributed by atoms with Gasteiger partial charge >= 0.3 is 0 Å². The molecular formula is C11H19BrN2S2. The fraction of sp³-hybridized carbons (Fsp3) is 0.636. The average molecular weight is 323 g/mol. The molecule has 0 aliphatic rings. The lowest BCUT2D eigenvalue weighted by Crippen LogP contribution is -2.37. The van der Waals surface area contributed by atoms with E-state index in [9.17, 15) is 0 Å². The molecule has 0 aromatic carbocycles. The van der Waals surface area contributed by atoms with Crippen molar-refractivity contribution in [3.8, 4) is 0 Å². The molecule has 0 aliphatic carbocycles. The first-order chi connectivity index (χ1) is 7.67. The van der Waals surface area contributed by atoms with Crippen LogP contribution in [0.4, 0.5) is 0 Å². The first-order valence-electron chi connectivity index (χ1n) is 5.29. The van der Waals surface area contributed by atoms with Crippen molar-refractivity contribution in [2.75, 3.05) is 25.6 Å². The number of thiophene rings is 1. The normalized spacial score (nSPS) is 13.3. The summed E-state index contributed by atoms with van der Waals surface area (Å²) in [5, 5.41) is 2.13. The first-order valence-corrected chi connectivity index (χ1v) is 8.36. The van der Waals surface area contributed by atoms with Crippen LogP contribution in [0.5, 0.6) is 0 Å². The Morgan fingerprint density at radius 3 is 2.88 bits per heavy atom. The topological polar surface area (TPSA) is 29.3 Å². The fourth-order valence-electron chi connectivity index (χ4n) is 1.58. The number of hydrogen-bond donors (Lipinski definition) is 1. The van der Waals surface area contributed by atoms with Crippen LogP contribution in [0.3, 0.4) is 0 Å². The van der Waals surface area contributed by atoms with Crippen LogP contribution in [0, 0.1) is 0 Å². The summed E-state index contributed by atoms with van der Waals surface area (Å²) in [6.07, 6.45) is 3.31. The summed E-state index contributed by atoms with van der Waals surface area (Å²) in [7, 11) is 2.16. The Bertz CT molecular complexity index is 304. The van der Waals surface area contributed by atoms with Gasteiger partial charge in [-0.05, 0) is 47.5 Å². The highest BCUT2D eigenvalue weighted by Gasteiger charge is 2.13. The second-order valence-corrected chi connectivity index (χ2v) is 6.71. The quantitative estimate of drug-likeness (QED) is 0.836. The molecule has 1 unspecified atom stereocenters. The van der Waals surface area contributed by atoms with Gasteiger partial charge in [0.2, 0.25) is 0 Å². The van der Waals surface area contributed by atoms with Crippen molar-refractivity contribution in [2.45, 2.75) is 19.0 Å². The Balaban J connectivity index is 2.45. The van der Waals surface area contributed by atoms with Crippen molar-refractivity contribution in [1.82, 2.24) is 4.90 Å². The molecule has 1 rings (SSSR count). The Kier molecular flexibility index (Phi) is 7.00. The van der Waals surface area contributed by atoms with Gasteiger partial charge in [-0.15, -0.1) is 11.3 Å². The lowest BCUT2D eigenvalue weighted by Gasteiger charge is -2.26. The molecular weight excluding hydrogens is 304 g/mol. The van der Waals surface area contributed by atoms with Gasteiger partial charge in [0.25, 0.3) is 0 Å². The van der Waals surface area contributed by atoms with Crippen molar-refractivity contribution >= 4 is 39.0 Å². The molecule has 1 aromatic heterocycles. The number of nitrogens with zero attached hydrogens (tertiary/aromatic N) is 1. The van der Waals surface area contributed by atoms with Gasteiger partial charge in [-0.3, -0.25) is 4.90 Å². The number of thioether (sulfide) groups is 1. The molecule has 0 radical (unpaired) electrons. The predicted octanol–water partition coefficient (Wildman–Crippen LogP) is 3.02. The lowest BCUT2D eigenvalue weighted by atomic mass is 10.2. The Morgan fingerprint density at radius 1 is 1.62 bits per heavy atom. The molecule has 1 aromatic rings. The fourth-order valence-corrected chi connectivity index (χ4v) is 3.60. The second kappa shape index (κ2) is 7.71. The highest BCUT2D eigenvalue weighted by Crippen LogP contribution is 2.21. The molecule has 1 atom stereocenters. The van der Waals surface area contributed by atoms with Gasteiger partial charge in [-0.1, -0.05) is 0 Å². The standard InChI is InChI=1S/C11H19BrN2S2/c1-14(10(6-13)3-4-15-2)7-11-5-9(12)8-16-11/h5,8,10H,3-4,6-7,13H2,1-2H3. The predicted molar refractivity (Wildman–Crippen MR) is 79.3 cm³/mol. The first kappa shape index (κ1) is 14.5. The molecule has 92 valence electrons. The Morgan fingerprint density at radius 2 is 2.38 bits per heavy atom. The van der Waals surface area contributed by atoms with E-state index in [1.54, 1.807) is 11.3 Å². The van der Waals surface area contributed by atoms with Crippen LogP contribution in [0.15, 0.2) is 15.9 Å². The van der Waals surface area contributed by atoms with E-state index in [1.165, 1.54) is 21.5 Å². The van der Waals surface area contributed by atoms with Gasteiger partial charge in [-0.2, -0.15) is 11.8 Å². The summed E-state index contributed by atoms with van der Waals surface area (Å²) in [5.41, 5.74) is 5.82. The zero-order chi connectivity index (χ0) is 12.0. The monoisotopic (exact) mass is 322 g/mol. The minimum Gasteiger partial charge on any atom is -0.329 e. The molecule has 0 bridgehead atoms. The zero-order valence-corrected chi connectivity index (χ0v) is 13.0. The molecule has 0 amide bonds. The molecule has 0 aliphatic heterocycles. The van der Waals surface area contributed by atoms with Gasteiger partial charge in [0, 0.05) is 33.9 Å². The van der Waals surface area contributed by atoms with E-state index in [-0.39, 0.29) is 0 Å². The van der Waals surface area contributed by atoms with Crippen molar-refractivity contribution in [3.05, 3.63) is 20.8 Å². The van der Waals surface area contributed by atoms with Crippen LogP contribution in [-0.2, 0) is 6.54 Å². The number of rotatable bonds is 7. The van der Waals surface area contributed by atoms with Crippen molar-refractivity contribution in [2.24, 2.45) is 5.73 Å². The maximum atomic E-state index is 5.82. The minimum atomic E-state index is 0.494. The molecule has 1 heterocycles. The van der Waals surface area contributed by atoms with Gasteiger partial charge < -0.3 is 5.73 Å². The summed E-state index contributed by atoms with van der Waals surface area (Å²) >= 11 is 7.16. The van der Waals surface area contributed by atoms with Crippen molar-refractivity contribution < 1.29 is 0 Å². The molecule has 2 N–H and O–H groups in total. The molecule has 0 saturated carbocycles. The molecule has 2 nitrogen and oxygen atoms in total. The average Bonchev–Trinajstić information content (AvgIpc) is 2.65. The SMILES string of the molecule is CSCCC(CN)N(C)Cc1cc(Br)cs1. The third-order valence-electron chi connectivity index (χ3n) is 2.58. The summed E-state index contributed by atoms with van der Waals surface area (Å²) in [5.74, 6) is 1.18. The van der Waals surface area contributed by atoms with Crippen LogP contribution in [0.1, 0.15) is 11.3 Å². The maximum absolute atomic E-state index is 5.82. The highest BCUT2D eigenvalue weighted by atomic mass is 79.9. The van der Waals surface area contributed by atoms with E-state index >= 15 is 0 Å². The van der Waals surface area contributed by atoms with Crippen LogP contribution in [-0.4, -0.2) is 36.5 Å². The molecule has 16 heavy (non-hydrogen) atoms. The van der Waals surface area contributed by atoms with Crippen LogP contribution in [0.25, 0.3) is 0 Å². The van der Waals surface area contributed by atoms with Crippen LogP contribution >= 0.6 is 39.0 Å². The second-order valence-electron chi connectivity index (χ2n) is 3.82. The van der Waals surface area contributed by atoms with Gasteiger partial charge in [0.15, 0.2) is 0 Å². The third-order valence-corrected chi connectivity index (χ3v) is 4.90. The molecule has 0 fully saturated rings. The largest absolute Gasteiger partial charge is 0.329 e. The van der Waals surface area contributed by atoms with E-state index in [0.29, 0.717) is 6.04 Å². The lowest BCUT2D eigenvalue weighted by molar-refractivity contribution is 0.236. The van der Waals surface area contributed by atoms with Gasteiger partial charge in [0.05, 0.1) is 0 Å². The molecule has 0 spiro atoms. The van der Waals surface area contributed by atoms with Crippen molar-refractivity contribution in [3.63, 3.8) is 0 Å². The Labute approximate surface area is 115 Å². The summed E-state index contributed by atoms with van der Waals surface area (Å²) in [4.78, 5) is 3.74. The Hall–Kier alpha value is 0.450. The highest BCUT2D eigenvalue weighted by molar-refractivity contribution is 9.10. The van der Waals surface area contributed by atoms with Gasteiger partial charge in [-0.25, -0.2) is 0 Å². The molecule has 0 saturated heterocycles. The molecule has 5 heteroatoms. The number of likely N-dealkylation sites (N-methyl/N-ethyl adjacent to an activating group) is 1. The van der Waals surface area contributed by atoms with E-state index in [2.05, 4.69) is 45.6 Å². The summed E-state index contributed by atoms with van der Waals surface area (Å²) in [6.45, 7) is 1.73. The van der Waals surface area contributed by atoms with Crippen LogP contribution < -0.4 is 5.73 Å². The van der Waals surface area contributed by atoms with Crippen LogP contribution in [0.2, 0.25) is 0 Å². The maximum Gasteiger partial charge on any atom is 0.0328 e. The zero-order valence-electron chi connectivity index (χ0n) is 9.78. The van der Waals surface area contributed by atoms with Gasteiger partial charge in [0.1, 0.15) is 0 Å². The smallest absolute Gasteiger partial charge is 0.0328 e. The van der Waals surface area contributed by atoms with E-state index < -0.39 is 0 Å². The summed E-state index contributed by atoms with van der Waals surface area (Å²) < 4.78 is 1.18. The van der Waals surface area contributed by atoms with E-state index in [4.69, 9.17) is 5.73 Å². The number of halogens is 1. The number of nitrogens with two attached hydrogens (primary N) is 1. The summed E-state index contributed by atoms with van der Waals surface area (Å²) in [6, 6.07) is 2.68. The third kappa shape index (κ3) is 4.75. The number of hydrogen-bond acceptors (Lipinski definition) is 4. The van der Waals surface area contributed by atoms with E-state index in [1.807, 2.05) is 11.8 Å². The van der Waals surface area contributed by atoms with Crippen molar-refractivity contribution in [1.29, 1.82) is 0 Å². The van der Waals surface area contributed by atoms with E-state index in [0.717, 1.165) is 13.1 Å². The minimum absolute atomic E-state index is 0.494.